The molecule has 0 radical (unpaired) electrons. The number of carbonyl (C=O) groups is 2. The highest BCUT2D eigenvalue weighted by Gasteiger charge is 2.47. The number of ether oxygens (including phenoxy) is 1. The van der Waals surface area contributed by atoms with Crippen LogP contribution in [0.15, 0.2) is 60.7 Å². The number of hydrogen-bond donors (Lipinski definition) is 0. The van der Waals surface area contributed by atoms with Crippen molar-refractivity contribution in [2.75, 3.05) is 6.61 Å². The molecule has 0 aromatic heterocycles. The zero-order chi connectivity index (χ0) is 15.7. The van der Waals surface area contributed by atoms with E-state index in [4.69, 9.17) is 16.3 Å². The number of rotatable bonds is 3. The van der Waals surface area contributed by atoms with Crippen LogP contribution in [0.5, 0.6) is 5.75 Å². The molecule has 0 amide bonds. The van der Waals surface area contributed by atoms with E-state index in [1.807, 2.05) is 0 Å². The van der Waals surface area contributed by atoms with Crippen LogP contribution >= 0.6 is 11.6 Å². The Hall–Kier alpha value is -2.39. The normalized spacial score (nSPS) is 20.0. The maximum Gasteiger partial charge on any atom is 0.184 e. The highest BCUT2D eigenvalue weighted by molar-refractivity contribution is 6.30. The van der Waals surface area contributed by atoms with Gasteiger partial charge in [-0.15, -0.1) is 0 Å². The van der Waals surface area contributed by atoms with Crippen molar-refractivity contribution in [1.82, 2.24) is 0 Å². The van der Waals surface area contributed by atoms with E-state index in [0.29, 0.717) is 33.8 Å². The van der Waals surface area contributed by atoms with Gasteiger partial charge in [-0.3, -0.25) is 4.79 Å². The van der Waals surface area contributed by atoms with E-state index in [2.05, 4.69) is 6.58 Å². The second-order valence-electron chi connectivity index (χ2n) is 5.15. The first-order valence-electron chi connectivity index (χ1n) is 6.77. The number of Topliss-reactive ketones (excluding diaryl/α,β-unsaturated/α-hetero) is 1. The van der Waals surface area contributed by atoms with Crippen LogP contribution in [0.3, 0.4) is 0 Å². The van der Waals surface area contributed by atoms with Crippen molar-refractivity contribution in [2.24, 2.45) is 0 Å². The number of ketones is 1. The summed E-state index contributed by atoms with van der Waals surface area (Å²) < 4.78 is 5.57. The van der Waals surface area contributed by atoms with Crippen LogP contribution in [0.2, 0.25) is 5.02 Å². The van der Waals surface area contributed by atoms with Gasteiger partial charge in [0.25, 0.3) is 0 Å². The molecule has 3 rings (SSSR count). The number of aldehydes is 1. The minimum Gasteiger partial charge on any atom is -0.489 e. The molecule has 0 N–H and O–H groups in total. The number of hydrogen-bond acceptors (Lipinski definition) is 3. The summed E-state index contributed by atoms with van der Waals surface area (Å²) >= 11 is 5.86. The van der Waals surface area contributed by atoms with Gasteiger partial charge in [0.15, 0.2) is 5.78 Å². The largest absolute Gasteiger partial charge is 0.489 e. The first-order valence-corrected chi connectivity index (χ1v) is 7.14. The van der Waals surface area contributed by atoms with Crippen molar-refractivity contribution < 1.29 is 14.3 Å². The molecule has 1 aliphatic heterocycles. The lowest BCUT2D eigenvalue weighted by atomic mass is 9.69. The van der Waals surface area contributed by atoms with Crippen molar-refractivity contribution in [1.29, 1.82) is 0 Å². The van der Waals surface area contributed by atoms with Gasteiger partial charge in [0.2, 0.25) is 0 Å². The molecule has 0 aliphatic carbocycles. The second-order valence-corrected chi connectivity index (χ2v) is 5.59. The van der Waals surface area contributed by atoms with Crippen LogP contribution < -0.4 is 4.74 Å². The van der Waals surface area contributed by atoms with Gasteiger partial charge in [-0.05, 0) is 35.9 Å². The number of fused-ring (bicyclic) bond motifs is 1. The van der Waals surface area contributed by atoms with Crippen molar-refractivity contribution in [2.45, 2.75) is 5.41 Å². The van der Waals surface area contributed by atoms with E-state index in [9.17, 15) is 9.59 Å². The predicted octanol–water partition coefficient (Wildman–Crippen LogP) is 3.61. The zero-order valence-corrected chi connectivity index (χ0v) is 12.5. The van der Waals surface area contributed by atoms with Crippen molar-refractivity contribution >= 4 is 23.7 Å². The monoisotopic (exact) mass is 312 g/mol. The third kappa shape index (κ3) is 2.06. The summed E-state index contributed by atoms with van der Waals surface area (Å²) in [6.07, 6.45) is 0.660. The summed E-state index contributed by atoms with van der Waals surface area (Å²) in [5.41, 5.74) is -0.0421. The first-order chi connectivity index (χ1) is 10.6. The van der Waals surface area contributed by atoms with Crippen molar-refractivity contribution in [3.63, 3.8) is 0 Å². The molecule has 1 atom stereocenters. The molecule has 0 spiro atoms. The van der Waals surface area contributed by atoms with Gasteiger partial charge in [0, 0.05) is 16.1 Å². The number of benzene rings is 2. The van der Waals surface area contributed by atoms with E-state index in [1.165, 1.54) is 0 Å². The fourth-order valence-corrected chi connectivity index (χ4v) is 2.83. The molecule has 0 saturated heterocycles. The van der Waals surface area contributed by atoms with Crippen LogP contribution in [0.1, 0.15) is 15.9 Å². The first kappa shape index (κ1) is 14.5. The number of para-hydroxylation sites is 1. The third-order valence-electron chi connectivity index (χ3n) is 3.91. The van der Waals surface area contributed by atoms with Crippen LogP contribution in [-0.4, -0.2) is 18.7 Å². The standard InChI is InChI=1S/C18H13ClO3/c1-12-10-22-16-5-3-2-4-15(16)18(12,11-20)17(21)13-6-8-14(19)9-7-13/h2-9,11H,1,10H2. The maximum absolute atomic E-state index is 13.0. The number of halogens is 1. The molecular weight excluding hydrogens is 300 g/mol. The highest BCUT2D eigenvalue weighted by Crippen LogP contribution is 2.42. The van der Waals surface area contributed by atoms with Crippen LogP contribution in [0.4, 0.5) is 0 Å². The minimum atomic E-state index is -1.41. The van der Waals surface area contributed by atoms with Crippen LogP contribution in [0.25, 0.3) is 0 Å². The van der Waals surface area contributed by atoms with Crippen molar-refractivity contribution in [3.05, 3.63) is 76.8 Å². The maximum atomic E-state index is 13.0. The average Bonchev–Trinajstić information content (AvgIpc) is 2.55. The lowest BCUT2D eigenvalue weighted by molar-refractivity contribution is -0.110. The lowest BCUT2D eigenvalue weighted by Crippen LogP contribution is -2.44. The molecule has 2 aromatic carbocycles. The Morgan fingerprint density at radius 2 is 1.86 bits per heavy atom. The molecule has 0 bridgehead atoms. The second kappa shape index (κ2) is 5.43. The third-order valence-corrected chi connectivity index (χ3v) is 4.16. The SMILES string of the molecule is C=C1COc2ccccc2C1(C=O)C(=O)c1ccc(Cl)cc1. The molecule has 1 heterocycles. The molecule has 0 saturated carbocycles. The zero-order valence-electron chi connectivity index (χ0n) is 11.7. The summed E-state index contributed by atoms with van der Waals surface area (Å²) in [4.78, 5) is 25.0. The molecule has 1 unspecified atom stereocenters. The minimum absolute atomic E-state index is 0.134. The molecule has 1 aliphatic rings. The Morgan fingerprint density at radius 1 is 1.18 bits per heavy atom. The summed E-state index contributed by atoms with van der Waals surface area (Å²) in [7, 11) is 0. The molecule has 22 heavy (non-hydrogen) atoms. The van der Waals surface area contributed by atoms with Crippen LogP contribution in [-0.2, 0) is 10.2 Å². The van der Waals surface area contributed by atoms with Gasteiger partial charge in [0.1, 0.15) is 24.1 Å². The Labute approximate surface area is 133 Å². The molecule has 110 valence electrons. The van der Waals surface area contributed by atoms with Gasteiger partial charge in [0.05, 0.1) is 0 Å². The van der Waals surface area contributed by atoms with Gasteiger partial charge >= 0.3 is 0 Å². The Morgan fingerprint density at radius 3 is 2.55 bits per heavy atom. The fourth-order valence-electron chi connectivity index (χ4n) is 2.70. The lowest BCUT2D eigenvalue weighted by Gasteiger charge is -2.35. The Kier molecular flexibility index (Phi) is 3.59. The summed E-state index contributed by atoms with van der Waals surface area (Å²) in [5.74, 6) is 0.212. The summed E-state index contributed by atoms with van der Waals surface area (Å²) in [6.45, 7) is 4.03. The van der Waals surface area contributed by atoms with E-state index in [1.54, 1.807) is 48.5 Å². The van der Waals surface area contributed by atoms with E-state index >= 15 is 0 Å². The average molecular weight is 313 g/mol. The molecule has 4 heteroatoms. The number of carbonyl (C=O) groups excluding carboxylic acids is 2. The van der Waals surface area contributed by atoms with E-state index in [-0.39, 0.29) is 12.4 Å². The highest BCUT2D eigenvalue weighted by atomic mass is 35.5. The van der Waals surface area contributed by atoms with E-state index in [0.717, 1.165) is 0 Å². The van der Waals surface area contributed by atoms with Gasteiger partial charge in [-0.25, -0.2) is 0 Å². The predicted molar refractivity (Wildman–Crippen MR) is 84.6 cm³/mol. The Balaban J connectivity index is 2.19. The summed E-state index contributed by atoms with van der Waals surface area (Å²) in [6, 6.07) is 13.5. The molecular formula is C18H13ClO3. The molecule has 3 nitrogen and oxygen atoms in total. The topological polar surface area (TPSA) is 43.4 Å². The summed E-state index contributed by atoms with van der Waals surface area (Å²) in [5, 5.41) is 0.530. The Bertz CT molecular complexity index is 764. The fraction of sp³-hybridized carbons (Fsp3) is 0.111. The van der Waals surface area contributed by atoms with Gasteiger partial charge in [-0.2, -0.15) is 0 Å². The van der Waals surface area contributed by atoms with E-state index < -0.39 is 5.41 Å². The molecule has 2 aromatic rings. The van der Waals surface area contributed by atoms with Gasteiger partial charge in [-0.1, -0.05) is 36.4 Å². The molecule has 0 fully saturated rings. The smallest absolute Gasteiger partial charge is 0.184 e. The quantitative estimate of drug-likeness (QED) is 0.376. The van der Waals surface area contributed by atoms with Gasteiger partial charge < -0.3 is 9.53 Å². The van der Waals surface area contributed by atoms with Crippen molar-refractivity contribution in [3.8, 4) is 5.75 Å². The van der Waals surface area contributed by atoms with Crippen LogP contribution in [0, 0.1) is 0 Å².